The van der Waals surface area contributed by atoms with E-state index in [-0.39, 0.29) is 55.0 Å². The summed E-state index contributed by atoms with van der Waals surface area (Å²) in [6.07, 6.45) is -2.13. The van der Waals surface area contributed by atoms with Crippen molar-refractivity contribution in [3.05, 3.63) is 124 Å². The van der Waals surface area contributed by atoms with E-state index in [1.807, 2.05) is 36.4 Å². The average Bonchev–Trinajstić information content (AvgIpc) is 3.61. The van der Waals surface area contributed by atoms with Crippen molar-refractivity contribution < 1.29 is 51.2 Å². The van der Waals surface area contributed by atoms with Gasteiger partial charge in [0.25, 0.3) is 0 Å². The minimum atomic E-state index is -4.56. The number of phenols is 1. The summed E-state index contributed by atoms with van der Waals surface area (Å²) in [4.78, 5) is 28.4. The highest BCUT2D eigenvalue weighted by atomic mass is 19.4. The Labute approximate surface area is 363 Å². The number of aryl methyl sites for hydroxylation is 1. The van der Waals surface area contributed by atoms with Gasteiger partial charge in [-0.3, -0.25) is 4.79 Å². The molecule has 13 heteroatoms. The molecule has 6 aliphatic rings. The average molecular weight is 869 g/mol. The quantitative estimate of drug-likeness (QED) is 0.118. The maximum atomic E-state index is 16.0. The molecule has 0 radical (unpaired) electrons. The molecule has 10 atom stereocenters. The Morgan fingerprint density at radius 3 is 2.32 bits per heavy atom. The number of ether oxygens (including phenoxy) is 4. The van der Waals surface area contributed by atoms with Crippen molar-refractivity contribution in [2.24, 2.45) is 22.7 Å². The van der Waals surface area contributed by atoms with Gasteiger partial charge in [-0.1, -0.05) is 56.3 Å². The second-order valence-corrected chi connectivity index (χ2v) is 18.9. The molecule has 10 rings (SSSR count). The number of fused-ring (bicyclic) bond motifs is 8. The third kappa shape index (κ3) is 6.61. The molecule has 0 spiro atoms. The lowest BCUT2D eigenvalue weighted by atomic mass is 9.61. The summed E-state index contributed by atoms with van der Waals surface area (Å²) in [5.41, 5.74) is 1.01. The van der Waals surface area contributed by atoms with E-state index < -0.39 is 63.9 Å². The van der Waals surface area contributed by atoms with Crippen LogP contribution in [0.2, 0.25) is 0 Å². The Morgan fingerprint density at radius 1 is 0.873 bits per heavy atom. The van der Waals surface area contributed by atoms with E-state index >= 15 is 4.39 Å². The van der Waals surface area contributed by atoms with Crippen LogP contribution in [0.25, 0.3) is 0 Å². The zero-order valence-corrected chi connectivity index (χ0v) is 35.5. The van der Waals surface area contributed by atoms with Gasteiger partial charge in [-0.05, 0) is 117 Å². The van der Waals surface area contributed by atoms with Gasteiger partial charge in [-0.25, -0.2) is 9.18 Å². The van der Waals surface area contributed by atoms with Crippen molar-refractivity contribution in [2.75, 3.05) is 23.8 Å². The number of benzene rings is 4. The monoisotopic (exact) mass is 868 g/mol. The molecule has 4 aromatic rings. The summed E-state index contributed by atoms with van der Waals surface area (Å²) in [6.45, 7) is 6.03. The second kappa shape index (κ2) is 15.3. The Morgan fingerprint density at radius 2 is 1.59 bits per heavy atom. The van der Waals surface area contributed by atoms with Gasteiger partial charge in [0.1, 0.15) is 6.61 Å². The van der Waals surface area contributed by atoms with Gasteiger partial charge in [0.05, 0.1) is 41.4 Å². The third-order valence-electron chi connectivity index (χ3n) is 15.7. The normalized spacial score (nSPS) is 32.9. The highest BCUT2D eigenvalue weighted by Gasteiger charge is 2.78. The minimum absolute atomic E-state index is 0.0105. The van der Waals surface area contributed by atoms with E-state index in [4.69, 9.17) is 18.9 Å². The predicted molar refractivity (Wildman–Crippen MR) is 225 cm³/mol. The number of nitrogens with one attached hydrogen (secondary N) is 2. The molecule has 4 fully saturated rings. The van der Waals surface area contributed by atoms with Gasteiger partial charge in [-0.15, -0.1) is 0 Å². The molecule has 0 amide bonds. The Balaban J connectivity index is 0.914. The molecule has 2 bridgehead atoms. The molecule has 4 aromatic carbocycles. The van der Waals surface area contributed by atoms with Crippen LogP contribution in [0.3, 0.4) is 0 Å². The van der Waals surface area contributed by atoms with Crippen molar-refractivity contribution in [1.82, 2.24) is 0 Å². The Kier molecular flexibility index (Phi) is 10.1. The van der Waals surface area contributed by atoms with Crippen molar-refractivity contribution in [3.8, 4) is 5.75 Å². The number of alkyl halides is 3. The van der Waals surface area contributed by atoms with Crippen LogP contribution < -0.4 is 10.6 Å². The van der Waals surface area contributed by atoms with Gasteiger partial charge in [0.2, 0.25) is 5.60 Å². The van der Waals surface area contributed by atoms with Crippen molar-refractivity contribution in [2.45, 2.75) is 114 Å². The molecule has 1 saturated carbocycles. The highest BCUT2D eigenvalue weighted by molar-refractivity contribution is 5.94. The van der Waals surface area contributed by atoms with E-state index in [1.54, 1.807) is 19.9 Å². The molecule has 3 unspecified atom stereocenters. The largest absolute Gasteiger partial charge is 0.505 e. The molecular weight excluding hydrogens is 817 g/mol. The Bertz CT molecular complexity index is 2460. The van der Waals surface area contributed by atoms with Gasteiger partial charge >= 0.3 is 18.1 Å². The number of halogens is 4. The first-order chi connectivity index (χ1) is 30.1. The highest BCUT2D eigenvalue weighted by Crippen LogP contribution is 2.68. The molecule has 3 saturated heterocycles. The predicted octanol–water partition coefficient (Wildman–Crippen LogP) is 10.6. The summed E-state index contributed by atoms with van der Waals surface area (Å²) < 4.78 is 83.0. The van der Waals surface area contributed by atoms with E-state index in [0.29, 0.717) is 42.7 Å². The first-order valence-corrected chi connectivity index (χ1v) is 22.2. The molecule has 5 heterocycles. The number of esters is 2. The number of rotatable bonds is 8. The van der Waals surface area contributed by atoms with Crippen molar-refractivity contribution in [3.63, 3.8) is 0 Å². The lowest BCUT2D eigenvalue weighted by Crippen LogP contribution is -2.52. The zero-order valence-electron chi connectivity index (χ0n) is 35.5. The number of phenolic OH excluding ortho intramolecular Hbond substituents is 1. The number of carbonyl (C=O) groups excluding carboxylic acids is 2. The van der Waals surface area contributed by atoms with Crippen molar-refractivity contribution >= 4 is 23.3 Å². The van der Waals surface area contributed by atoms with Gasteiger partial charge in [0, 0.05) is 46.4 Å². The fraction of sp³-hybridized carbons (Fsp3) is 0.480. The second-order valence-electron chi connectivity index (χ2n) is 18.9. The molecule has 9 nitrogen and oxygen atoms in total. The van der Waals surface area contributed by atoms with Crippen LogP contribution >= 0.6 is 0 Å². The molecule has 3 N–H and O–H groups in total. The smallest absolute Gasteiger partial charge is 0.416 e. The SMILES string of the molecule is CCc1ccc2c(c1)[C@H]1OCCC[C@H]1[C@H](c1cc(F)c(O)c(CC3(C)C4(C)CCC3(C(=O)OC[C@H]3CC[C@@H]5[C@H](O3)c3cc(C(F)(F)F)ccc3N[C@H]5c3ccccc3)OC4=O)c1)N2. The molecule has 63 heavy (non-hydrogen) atoms. The fourth-order valence-electron chi connectivity index (χ4n) is 11.9. The summed E-state index contributed by atoms with van der Waals surface area (Å²) in [5, 5.41) is 18.5. The van der Waals surface area contributed by atoms with Crippen molar-refractivity contribution in [1.29, 1.82) is 0 Å². The number of hydrogen-bond donors (Lipinski definition) is 3. The standard InChI is InChI=1S/C50H52F4N2O7/c1-4-27-12-16-38-35(21-27)43-33(11-8-20-60-43)41(56-38)29-22-30(42(57)37(51)23-29)25-48(3)47(2)18-19-49(48,63-45(47)58)46(59)61-26-32-14-15-34-40(28-9-6-5-7-10-28)55-39-17-13-31(50(52,53)54)24-36(39)44(34)62-32/h5-7,9-10,12-13,16-17,21-24,32-34,40-41,43-44,55-57H,4,8,11,14-15,18-20,25-26H2,1-3H3/t32-,33+,34+,40+,41+,43+,44+,47?,48?,49?/m1/s1. The van der Waals surface area contributed by atoms with E-state index in [0.717, 1.165) is 48.2 Å². The summed E-state index contributed by atoms with van der Waals surface area (Å²) in [7, 11) is 0. The summed E-state index contributed by atoms with van der Waals surface area (Å²) in [5.74, 6) is -2.93. The van der Waals surface area contributed by atoms with Gasteiger partial charge < -0.3 is 34.7 Å². The zero-order chi connectivity index (χ0) is 44.1. The third-order valence-corrected chi connectivity index (χ3v) is 15.7. The molecular formula is C50H52F4N2O7. The fourth-order valence-corrected chi connectivity index (χ4v) is 11.9. The molecule has 332 valence electrons. The lowest BCUT2D eigenvalue weighted by Gasteiger charge is -2.46. The van der Waals surface area contributed by atoms with Crippen LogP contribution in [0.15, 0.2) is 78.9 Å². The Hall–Kier alpha value is -5.14. The number of anilines is 2. The summed E-state index contributed by atoms with van der Waals surface area (Å²) >= 11 is 0. The number of hydrogen-bond acceptors (Lipinski definition) is 9. The van der Waals surface area contributed by atoms with Crippen LogP contribution in [0, 0.1) is 28.5 Å². The van der Waals surface area contributed by atoms with Gasteiger partial charge in [0.15, 0.2) is 11.6 Å². The maximum absolute atomic E-state index is 16.0. The number of carbonyl (C=O) groups is 2. The maximum Gasteiger partial charge on any atom is 0.416 e. The van der Waals surface area contributed by atoms with Crippen LogP contribution in [0.1, 0.15) is 123 Å². The van der Waals surface area contributed by atoms with E-state index in [2.05, 4.69) is 29.7 Å². The topological polar surface area (TPSA) is 115 Å². The molecule has 1 aliphatic carbocycles. The van der Waals surface area contributed by atoms with Crippen LogP contribution in [-0.2, 0) is 47.6 Å². The van der Waals surface area contributed by atoms with E-state index in [9.17, 15) is 27.9 Å². The first-order valence-electron chi connectivity index (χ1n) is 22.2. The van der Waals surface area contributed by atoms with Gasteiger partial charge in [-0.2, -0.15) is 13.2 Å². The van der Waals surface area contributed by atoms with E-state index in [1.165, 1.54) is 17.7 Å². The van der Waals surface area contributed by atoms with Crippen LogP contribution in [-0.4, -0.2) is 42.0 Å². The molecule has 5 aliphatic heterocycles. The number of aromatic hydroxyl groups is 1. The summed E-state index contributed by atoms with van der Waals surface area (Å²) in [6, 6.07) is 22.2. The van der Waals surface area contributed by atoms with Crippen LogP contribution in [0.4, 0.5) is 28.9 Å². The lowest BCUT2D eigenvalue weighted by molar-refractivity contribution is -0.190. The first kappa shape index (κ1) is 41.8. The van der Waals surface area contributed by atoms with Crippen LogP contribution in [0.5, 0.6) is 5.75 Å². The minimum Gasteiger partial charge on any atom is -0.505 e. The molecule has 0 aromatic heterocycles.